The molecule has 0 spiro atoms. The Labute approximate surface area is 142 Å². The van der Waals surface area contributed by atoms with Gasteiger partial charge >= 0.3 is 12.1 Å². The van der Waals surface area contributed by atoms with Crippen LogP contribution in [-0.2, 0) is 9.53 Å². The Morgan fingerprint density at radius 3 is 2.54 bits per heavy atom. The van der Waals surface area contributed by atoms with Gasteiger partial charge in [0.25, 0.3) is 0 Å². The molecule has 1 aromatic rings. The molecule has 2 unspecified atom stereocenters. The molecule has 2 N–H and O–H groups in total. The van der Waals surface area contributed by atoms with E-state index in [4.69, 9.17) is 4.74 Å². The lowest BCUT2D eigenvalue weighted by Gasteiger charge is -2.36. The van der Waals surface area contributed by atoms with Crippen molar-refractivity contribution in [2.24, 2.45) is 5.92 Å². The second kappa shape index (κ2) is 7.11. The average molecular weight is 335 g/mol. The number of phenols is 1. The Bertz CT molecular complexity index is 608. The molecule has 1 saturated heterocycles. The number of rotatable bonds is 3. The largest absolute Gasteiger partial charge is 0.508 e. The molecule has 0 bridgehead atoms. The first-order valence-corrected chi connectivity index (χ1v) is 8.17. The van der Waals surface area contributed by atoms with Crippen molar-refractivity contribution in [3.8, 4) is 5.75 Å². The minimum absolute atomic E-state index is 0.0284. The van der Waals surface area contributed by atoms with Crippen LogP contribution in [0.25, 0.3) is 0 Å². The molecule has 2 rings (SSSR count). The van der Waals surface area contributed by atoms with E-state index in [-0.39, 0.29) is 11.7 Å². The van der Waals surface area contributed by atoms with Gasteiger partial charge in [-0.3, -0.25) is 4.79 Å². The van der Waals surface area contributed by atoms with Crippen molar-refractivity contribution in [3.05, 3.63) is 29.8 Å². The fourth-order valence-electron chi connectivity index (χ4n) is 3.11. The third-order valence-corrected chi connectivity index (χ3v) is 4.12. The van der Waals surface area contributed by atoms with Gasteiger partial charge in [-0.2, -0.15) is 0 Å². The van der Waals surface area contributed by atoms with Crippen LogP contribution in [0.1, 0.15) is 45.1 Å². The summed E-state index contributed by atoms with van der Waals surface area (Å²) in [6.45, 7) is 6.26. The first-order chi connectivity index (χ1) is 11.2. The maximum atomic E-state index is 12.3. The molecule has 24 heavy (non-hydrogen) atoms. The van der Waals surface area contributed by atoms with Gasteiger partial charge in [-0.25, -0.2) is 4.79 Å². The summed E-state index contributed by atoms with van der Waals surface area (Å²) in [6, 6.07) is 6.48. The Balaban J connectivity index is 2.18. The van der Waals surface area contributed by atoms with Gasteiger partial charge in [0, 0.05) is 18.7 Å². The normalized spacial score (nSPS) is 19.6. The summed E-state index contributed by atoms with van der Waals surface area (Å²) in [5.74, 6) is -2.14. The number of hydrogen-bond acceptors (Lipinski definition) is 4. The number of hydrogen-bond donors (Lipinski definition) is 2. The van der Waals surface area contributed by atoms with E-state index in [1.165, 1.54) is 6.07 Å². The number of para-hydroxylation sites is 1. The van der Waals surface area contributed by atoms with Crippen LogP contribution in [-0.4, -0.2) is 45.9 Å². The number of ether oxygens (including phenoxy) is 1. The van der Waals surface area contributed by atoms with E-state index in [9.17, 15) is 19.8 Å². The van der Waals surface area contributed by atoms with Gasteiger partial charge in [0.15, 0.2) is 0 Å². The Morgan fingerprint density at radius 2 is 1.96 bits per heavy atom. The van der Waals surface area contributed by atoms with Crippen molar-refractivity contribution in [2.45, 2.75) is 45.1 Å². The maximum absolute atomic E-state index is 12.3. The van der Waals surface area contributed by atoms with Crippen LogP contribution < -0.4 is 0 Å². The predicted molar refractivity (Wildman–Crippen MR) is 89.0 cm³/mol. The summed E-state index contributed by atoms with van der Waals surface area (Å²) in [5, 5.41) is 19.7. The van der Waals surface area contributed by atoms with Crippen LogP contribution in [0.15, 0.2) is 24.3 Å². The number of piperidine rings is 1. The van der Waals surface area contributed by atoms with Crippen molar-refractivity contribution in [2.75, 3.05) is 13.1 Å². The summed E-state index contributed by atoms with van der Waals surface area (Å²) in [7, 11) is 0. The van der Waals surface area contributed by atoms with E-state index in [1.807, 2.05) is 0 Å². The first-order valence-electron chi connectivity index (χ1n) is 8.17. The van der Waals surface area contributed by atoms with Gasteiger partial charge in [-0.1, -0.05) is 18.2 Å². The van der Waals surface area contributed by atoms with Crippen molar-refractivity contribution in [1.82, 2.24) is 4.90 Å². The second-order valence-corrected chi connectivity index (χ2v) is 7.20. The fourth-order valence-corrected chi connectivity index (χ4v) is 3.11. The number of carbonyl (C=O) groups is 2. The van der Waals surface area contributed by atoms with E-state index in [0.29, 0.717) is 31.5 Å². The molecule has 0 radical (unpaired) electrons. The Morgan fingerprint density at radius 1 is 1.29 bits per heavy atom. The summed E-state index contributed by atoms with van der Waals surface area (Å²) in [5.41, 5.74) is -0.200. The third-order valence-electron chi connectivity index (χ3n) is 4.12. The number of aliphatic carboxylic acids is 1. The standard InChI is InChI=1S/C18H25NO5/c1-18(2,3)24-17(23)19-10-6-7-12(11-19)15(16(21)22)13-8-4-5-9-14(13)20/h4-5,8-9,12,15,20H,6-7,10-11H2,1-3H3,(H,21,22). The van der Waals surface area contributed by atoms with Crippen LogP contribution in [0, 0.1) is 5.92 Å². The molecule has 1 fully saturated rings. The number of benzene rings is 1. The highest BCUT2D eigenvalue weighted by molar-refractivity contribution is 5.78. The van der Waals surface area contributed by atoms with Gasteiger partial charge in [0.1, 0.15) is 11.4 Å². The summed E-state index contributed by atoms with van der Waals surface area (Å²) in [6.07, 6.45) is 0.972. The number of nitrogens with zero attached hydrogens (tertiary/aromatic N) is 1. The summed E-state index contributed by atoms with van der Waals surface area (Å²) >= 11 is 0. The smallest absolute Gasteiger partial charge is 0.410 e. The lowest BCUT2D eigenvalue weighted by molar-refractivity contribution is -0.140. The number of carboxylic acids is 1. The maximum Gasteiger partial charge on any atom is 0.410 e. The van der Waals surface area contributed by atoms with Crippen LogP contribution in [0.4, 0.5) is 4.79 Å². The topological polar surface area (TPSA) is 87.1 Å². The molecule has 132 valence electrons. The van der Waals surface area contributed by atoms with Gasteiger partial charge in [-0.15, -0.1) is 0 Å². The van der Waals surface area contributed by atoms with Crippen LogP contribution in [0.5, 0.6) is 5.75 Å². The second-order valence-electron chi connectivity index (χ2n) is 7.20. The van der Waals surface area contributed by atoms with Gasteiger partial charge < -0.3 is 19.8 Å². The SMILES string of the molecule is CC(C)(C)OC(=O)N1CCCC(C(C(=O)O)c2ccccc2O)C1. The number of aromatic hydroxyl groups is 1. The van der Waals surface area contributed by atoms with Crippen molar-refractivity contribution < 1.29 is 24.5 Å². The molecule has 1 aliphatic rings. The zero-order chi connectivity index (χ0) is 17.9. The highest BCUT2D eigenvalue weighted by Crippen LogP contribution is 2.36. The molecule has 1 aromatic carbocycles. The molecule has 2 atom stereocenters. The number of carbonyl (C=O) groups excluding carboxylic acids is 1. The molecule has 1 amide bonds. The van der Waals surface area contributed by atoms with Crippen LogP contribution in [0.2, 0.25) is 0 Å². The fraction of sp³-hybridized carbons (Fsp3) is 0.556. The van der Waals surface area contributed by atoms with Gasteiger partial charge in [-0.05, 0) is 45.6 Å². The quantitative estimate of drug-likeness (QED) is 0.885. The molecular weight excluding hydrogens is 310 g/mol. The minimum atomic E-state index is -0.993. The van der Waals surface area contributed by atoms with Crippen LogP contribution >= 0.6 is 0 Å². The zero-order valence-corrected chi connectivity index (χ0v) is 14.4. The zero-order valence-electron chi connectivity index (χ0n) is 14.4. The lowest BCUT2D eigenvalue weighted by atomic mass is 9.80. The summed E-state index contributed by atoms with van der Waals surface area (Å²) in [4.78, 5) is 25.6. The molecule has 0 saturated carbocycles. The van der Waals surface area contributed by atoms with E-state index in [1.54, 1.807) is 43.9 Å². The monoisotopic (exact) mass is 335 g/mol. The molecular formula is C18H25NO5. The molecule has 0 aliphatic carbocycles. The Hall–Kier alpha value is -2.24. The number of likely N-dealkylation sites (tertiary alicyclic amines) is 1. The average Bonchev–Trinajstić information content (AvgIpc) is 2.48. The molecule has 0 aromatic heterocycles. The molecule has 6 nitrogen and oxygen atoms in total. The van der Waals surface area contributed by atoms with Crippen LogP contribution in [0.3, 0.4) is 0 Å². The van der Waals surface area contributed by atoms with E-state index in [0.717, 1.165) is 0 Å². The highest BCUT2D eigenvalue weighted by Gasteiger charge is 2.36. The number of amides is 1. The van der Waals surface area contributed by atoms with Crippen molar-refractivity contribution in [1.29, 1.82) is 0 Å². The molecule has 6 heteroatoms. The number of phenolic OH excluding ortho intramolecular Hbond substituents is 1. The first kappa shape index (κ1) is 18.1. The number of carboxylic acid groups (broad SMARTS) is 1. The predicted octanol–water partition coefficient (Wildman–Crippen LogP) is 3.21. The van der Waals surface area contributed by atoms with Crippen molar-refractivity contribution >= 4 is 12.1 Å². The van der Waals surface area contributed by atoms with Gasteiger partial charge in [0.2, 0.25) is 0 Å². The van der Waals surface area contributed by atoms with Gasteiger partial charge in [0.05, 0.1) is 5.92 Å². The Kier molecular flexibility index (Phi) is 5.36. The highest BCUT2D eigenvalue weighted by atomic mass is 16.6. The molecule has 1 heterocycles. The third kappa shape index (κ3) is 4.40. The molecule has 1 aliphatic heterocycles. The lowest BCUT2D eigenvalue weighted by Crippen LogP contribution is -2.45. The summed E-state index contributed by atoms with van der Waals surface area (Å²) < 4.78 is 5.39. The minimum Gasteiger partial charge on any atom is -0.508 e. The van der Waals surface area contributed by atoms with Crippen molar-refractivity contribution in [3.63, 3.8) is 0 Å². The van der Waals surface area contributed by atoms with E-state index >= 15 is 0 Å². The van der Waals surface area contributed by atoms with E-state index < -0.39 is 23.6 Å². The van der Waals surface area contributed by atoms with E-state index in [2.05, 4.69) is 0 Å².